The third kappa shape index (κ3) is 3.18. The van der Waals surface area contributed by atoms with Crippen LogP contribution in [-0.4, -0.2) is 18.0 Å². The van der Waals surface area contributed by atoms with Gasteiger partial charge in [0.2, 0.25) is 5.91 Å². The largest absolute Gasteiger partial charge is 0.325 e. The predicted octanol–water partition coefficient (Wildman–Crippen LogP) is 3.96. The number of anilines is 1. The molecule has 1 aromatic rings. The molecule has 2 N–H and O–H groups in total. The van der Waals surface area contributed by atoms with Crippen LogP contribution in [0.5, 0.6) is 0 Å². The average Bonchev–Trinajstić information content (AvgIpc) is 2.74. The Kier molecular flexibility index (Phi) is 4.34. The second-order valence-electron chi connectivity index (χ2n) is 5.83. The molecule has 2 fully saturated rings. The van der Waals surface area contributed by atoms with Gasteiger partial charge in [0.15, 0.2) is 0 Å². The number of piperidine rings is 1. The zero-order chi connectivity index (χ0) is 14.1. The van der Waals surface area contributed by atoms with Crippen molar-refractivity contribution in [2.75, 3.05) is 5.32 Å². The maximum absolute atomic E-state index is 12.2. The quantitative estimate of drug-likeness (QED) is 0.859. The van der Waals surface area contributed by atoms with E-state index in [1.54, 1.807) is 6.07 Å². The molecule has 1 amide bonds. The number of carbonyl (C=O) groups excluding carboxylic acids is 1. The zero-order valence-electron chi connectivity index (χ0n) is 11.2. The topological polar surface area (TPSA) is 41.1 Å². The van der Waals surface area contributed by atoms with Crippen molar-refractivity contribution in [2.24, 2.45) is 5.92 Å². The maximum Gasteiger partial charge on any atom is 0.224 e. The lowest BCUT2D eigenvalue weighted by atomic mass is 9.89. The average molecular weight is 358 g/mol. The van der Waals surface area contributed by atoms with Crippen molar-refractivity contribution >= 4 is 39.1 Å². The molecule has 108 valence electrons. The van der Waals surface area contributed by atoms with Gasteiger partial charge in [0.05, 0.1) is 15.2 Å². The Morgan fingerprint density at radius 1 is 1.35 bits per heavy atom. The number of nitrogens with one attached hydrogen (secondary N) is 2. The number of amides is 1. The van der Waals surface area contributed by atoms with Crippen molar-refractivity contribution in [2.45, 2.75) is 44.2 Å². The normalized spacial score (nSPS) is 28.4. The highest BCUT2D eigenvalue weighted by Gasteiger charge is 2.34. The van der Waals surface area contributed by atoms with Gasteiger partial charge in [-0.15, -0.1) is 0 Å². The van der Waals surface area contributed by atoms with Crippen LogP contribution in [-0.2, 0) is 4.79 Å². The molecule has 2 unspecified atom stereocenters. The molecule has 3 rings (SSSR count). The lowest BCUT2D eigenvalue weighted by Crippen LogP contribution is -2.39. The Morgan fingerprint density at radius 3 is 2.75 bits per heavy atom. The van der Waals surface area contributed by atoms with E-state index < -0.39 is 0 Å². The van der Waals surface area contributed by atoms with Crippen LogP contribution >= 0.6 is 27.5 Å². The van der Waals surface area contributed by atoms with E-state index in [2.05, 4.69) is 26.6 Å². The smallest absolute Gasteiger partial charge is 0.224 e. The van der Waals surface area contributed by atoms with Crippen LogP contribution in [0.3, 0.4) is 0 Å². The maximum atomic E-state index is 12.2. The Balaban J connectivity index is 1.58. The van der Waals surface area contributed by atoms with Gasteiger partial charge < -0.3 is 10.6 Å². The fourth-order valence-corrected chi connectivity index (χ4v) is 3.94. The standard InChI is InChI=1S/C15H18BrClN2O/c16-15-12(17)2-1-3-13(15)19-14(20)8-9-6-10-4-5-11(7-9)18-10/h1-3,9-11,18H,4-8H2,(H,19,20). The minimum atomic E-state index is 0.0827. The van der Waals surface area contributed by atoms with E-state index in [0.717, 1.165) is 23.0 Å². The summed E-state index contributed by atoms with van der Waals surface area (Å²) in [6.07, 6.45) is 5.39. The van der Waals surface area contributed by atoms with Crippen molar-refractivity contribution in [3.63, 3.8) is 0 Å². The fraction of sp³-hybridized carbons (Fsp3) is 0.533. The molecule has 5 heteroatoms. The van der Waals surface area contributed by atoms with Crippen LogP contribution in [0.4, 0.5) is 5.69 Å². The van der Waals surface area contributed by atoms with Gasteiger partial charge >= 0.3 is 0 Å². The minimum absolute atomic E-state index is 0.0827. The SMILES string of the molecule is O=C(CC1CC2CCC(C1)N2)Nc1cccc(Cl)c1Br. The van der Waals surface area contributed by atoms with E-state index in [0.29, 0.717) is 29.4 Å². The van der Waals surface area contributed by atoms with E-state index in [1.807, 2.05) is 12.1 Å². The van der Waals surface area contributed by atoms with Gasteiger partial charge in [-0.2, -0.15) is 0 Å². The van der Waals surface area contributed by atoms with E-state index in [-0.39, 0.29) is 5.91 Å². The van der Waals surface area contributed by atoms with Crippen LogP contribution < -0.4 is 10.6 Å². The first kappa shape index (κ1) is 14.4. The zero-order valence-corrected chi connectivity index (χ0v) is 13.5. The summed E-state index contributed by atoms with van der Waals surface area (Å²) in [5.74, 6) is 0.589. The molecule has 0 aliphatic carbocycles. The van der Waals surface area contributed by atoms with Gasteiger partial charge in [-0.25, -0.2) is 0 Å². The second kappa shape index (κ2) is 6.04. The molecular weight excluding hydrogens is 340 g/mol. The molecule has 2 aliphatic rings. The monoisotopic (exact) mass is 356 g/mol. The number of hydrogen-bond acceptors (Lipinski definition) is 2. The molecular formula is C15H18BrClN2O. The highest BCUT2D eigenvalue weighted by Crippen LogP contribution is 2.34. The molecule has 1 aromatic carbocycles. The van der Waals surface area contributed by atoms with Gasteiger partial charge in [0.25, 0.3) is 0 Å². The van der Waals surface area contributed by atoms with Gasteiger partial charge in [0, 0.05) is 18.5 Å². The molecule has 20 heavy (non-hydrogen) atoms. The van der Waals surface area contributed by atoms with E-state index in [4.69, 9.17) is 11.6 Å². The number of fused-ring (bicyclic) bond motifs is 2. The summed E-state index contributed by atoms with van der Waals surface area (Å²) in [5, 5.41) is 7.17. The predicted molar refractivity (Wildman–Crippen MR) is 85.1 cm³/mol. The number of rotatable bonds is 3. The summed E-state index contributed by atoms with van der Waals surface area (Å²) in [4.78, 5) is 12.2. The summed E-state index contributed by atoms with van der Waals surface area (Å²) in [6.45, 7) is 0. The fourth-order valence-electron chi connectivity index (χ4n) is 3.41. The van der Waals surface area contributed by atoms with Gasteiger partial charge in [-0.05, 0) is 59.7 Å². The summed E-state index contributed by atoms with van der Waals surface area (Å²) in [7, 11) is 0. The Bertz CT molecular complexity index is 511. The lowest BCUT2D eigenvalue weighted by Gasteiger charge is -2.28. The highest BCUT2D eigenvalue weighted by molar-refractivity contribution is 9.10. The molecule has 2 bridgehead atoms. The molecule has 2 saturated heterocycles. The first-order valence-corrected chi connectivity index (χ1v) is 8.29. The number of benzene rings is 1. The van der Waals surface area contributed by atoms with Gasteiger partial charge in [-0.3, -0.25) is 4.79 Å². The Hall–Kier alpha value is -0.580. The molecule has 0 saturated carbocycles. The molecule has 3 nitrogen and oxygen atoms in total. The van der Waals surface area contributed by atoms with Crippen molar-refractivity contribution in [3.8, 4) is 0 Å². The van der Waals surface area contributed by atoms with Crippen molar-refractivity contribution in [1.29, 1.82) is 0 Å². The first-order valence-electron chi connectivity index (χ1n) is 7.11. The van der Waals surface area contributed by atoms with Crippen LogP contribution in [0.2, 0.25) is 5.02 Å². The number of carbonyl (C=O) groups is 1. The molecule has 2 heterocycles. The van der Waals surface area contributed by atoms with Crippen LogP contribution in [0.25, 0.3) is 0 Å². The lowest BCUT2D eigenvalue weighted by molar-refractivity contribution is -0.117. The number of halogens is 2. The molecule has 0 radical (unpaired) electrons. The Morgan fingerprint density at radius 2 is 2.05 bits per heavy atom. The third-order valence-corrected chi connectivity index (χ3v) is 5.67. The van der Waals surface area contributed by atoms with E-state index in [9.17, 15) is 4.79 Å². The van der Waals surface area contributed by atoms with Crippen molar-refractivity contribution in [1.82, 2.24) is 5.32 Å². The van der Waals surface area contributed by atoms with Gasteiger partial charge in [0.1, 0.15) is 0 Å². The third-order valence-electron chi connectivity index (χ3n) is 4.27. The van der Waals surface area contributed by atoms with Crippen LogP contribution in [0.1, 0.15) is 32.1 Å². The van der Waals surface area contributed by atoms with E-state index >= 15 is 0 Å². The van der Waals surface area contributed by atoms with E-state index in [1.165, 1.54) is 12.8 Å². The minimum Gasteiger partial charge on any atom is -0.325 e. The van der Waals surface area contributed by atoms with Gasteiger partial charge in [-0.1, -0.05) is 17.7 Å². The Labute approximate surface area is 132 Å². The molecule has 2 atom stereocenters. The second-order valence-corrected chi connectivity index (χ2v) is 7.03. The summed E-state index contributed by atoms with van der Waals surface area (Å²) >= 11 is 9.44. The van der Waals surface area contributed by atoms with Crippen molar-refractivity contribution < 1.29 is 4.79 Å². The molecule has 2 aliphatic heterocycles. The summed E-state index contributed by atoms with van der Waals surface area (Å²) in [6, 6.07) is 6.76. The van der Waals surface area contributed by atoms with Crippen LogP contribution in [0.15, 0.2) is 22.7 Å². The molecule has 0 aromatic heterocycles. The molecule has 0 spiro atoms. The van der Waals surface area contributed by atoms with Crippen molar-refractivity contribution in [3.05, 3.63) is 27.7 Å². The highest BCUT2D eigenvalue weighted by atomic mass is 79.9. The summed E-state index contributed by atoms with van der Waals surface area (Å²) < 4.78 is 0.750. The summed E-state index contributed by atoms with van der Waals surface area (Å²) in [5.41, 5.74) is 0.749. The number of hydrogen-bond donors (Lipinski definition) is 2. The first-order chi connectivity index (χ1) is 9.61. The van der Waals surface area contributed by atoms with Crippen LogP contribution in [0, 0.1) is 5.92 Å².